The van der Waals surface area contributed by atoms with E-state index in [-0.39, 0.29) is 12.0 Å². The topological polar surface area (TPSA) is 86.6 Å². The summed E-state index contributed by atoms with van der Waals surface area (Å²) < 4.78 is 45.2. The molecular formula is C25H23F3N6O. The molecule has 35 heavy (non-hydrogen) atoms. The van der Waals surface area contributed by atoms with Crippen molar-refractivity contribution >= 4 is 11.2 Å². The third-order valence-electron chi connectivity index (χ3n) is 6.23. The molecule has 0 spiro atoms. The highest BCUT2D eigenvalue weighted by molar-refractivity contribution is 5.86. The van der Waals surface area contributed by atoms with Crippen molar-refractivity contribution in [3.63, 3.8) is 0 Å². The molecule has 0 bridgehead atoms. The molecule has 0 aliphatic carbocycles. The Labute approximate surface area is 199 Å². The van der Waals surface area contributed by atoms with Crippen LogP contribution >= 0.6 is 0 Å². The second kappa shape index (κ2) is 8.92. The van der Waals surface area contributed by atoms with E-state index in [4.69, 9.17) is 14.7 Å². The van der Waals surface area contributed by atoms with Crippen LogP contribution in [-0.4, -0.2) is 36.5 Å². The number of hydrogen-bond donors (Lipinski definition) is 0. The number of hydrogen-bond acceptors (Lipinski definition) is 7. The van der Waals surface area contributed by atoms with Gasteiger partial charge in [0.2, 0.25) is 0 Å². The average molecular weight is 480 g/mol. The highest BCUT2D eigenvalue weighted by Gasteiger charge is 2.32. The SMILES string of the molecule is Cc1cc([C@H]2CC(c3nc(-c4ccc(C(F)(F)F)nc4)c4nc(C)c(C)nc4n3)CCO2)ccn1. The van der Waals surface area contributed by atoms with Gasteiger partial charge in [-0.3, -0.25) is 9.97 Å². The average Bonchev–Trinajstić information content (AvgIpc) is 2.84. The molecule has 1 saturated heterocycles. The quantitative estimate of drug-likeness (QED) is 0.385. The molecule has 4 aromatic rings. The Kier molecular flexibility index (Phi) is 5.92. The van der Waals surface area contributed by atoms with Gasteiger partial charge in [-0.2, -0.15) is 13.2 Å². The van der Waals surface area contributed by atoms with E-state index in [9.17, 15) is 13.2 Å². The predicted octanol–water partition coefficient (Wildman–Crippen LogP) is 5.46. The summed E-state index contributed by atoms with van der Waals surface area (Å²) >= 11 is 0. The molecule has 1 aliphatic heterocycles. The summed E-state index contributed by atoms with van der Waals surface area (Å²) in [5.41, 5.74) is 4.13. The Morgan fingerprint density at radius 2 is 1.74 bits per heavy atom. The van der Waals surface area contributed by atoms with Crippen LogP contribution in [0.25, 0.3) is 22.4 Å². The van der Waals surface area contributed by atoms with Crippen LogP contribution in [0.5, 0.6) is 0 Å². The summed E-state index contributed by atoms with van der Waals surface area (Å²) in [5, 5.41) is 0. The van der Waals surface area contributed by atoms with Crippen molar-refractivity contribution in [1.29, 1.82) is 0 Å². The van der Waals surface area contributed by atoms with Gasteiger partial charge in [-0.1, -0.05) is 0 Å². The number of fused-ring (bicyclic) bond motifs is 1. The molecule has 2 atom stereocenters. The van der Waals surface area contributed by atoms with E-state index in [0.717, 1.165) is 29.4 Å². The van der Waals surface area contributed by atoms with Crippen LogP contribution in [0, 0.1) is 20.8 Å². The lowest BCUT2D eigenvalue weighted by Crippen LogP contribution is -2.21. The molecule has 1 fully saturated rings. The number of aromatic nitrogens is 6. The number of alkyl halides is 3. The summed E-state index contributed by atoms with van der Waals surface area (Å²) in [6.45, 7) is 6.14. The maximum atomic E-state index is 13.1. The lowest BCUT2D eigenvalue weighted by Gasteiger charge is -2.29. The van der Waals surface area contributed by atoms with E-state index < -0.39 is 11.9 Å². The summed E-state index contributed by atoms with van der Waals surface area (Å²) in [6.07, 6.45) is -0.324. The second-order valence-corrected chi connectivity index (χ2v) is 8.74. The van der Waals surface area contributed by atoms with Gasteiger partial charge in [0, 0.05) is 36.2 Å². The lowest BCUT2D eigenvalue weighted by molar-refractivity contribution is -0.141. The molecule has 0 aromatic carbocycles. The van der Waals surface area contributed by atoms with Gasteiger partial charge in [0.1, 0.15) is 22.7 Å². The molecule has 0 saturated carbocycles. The third-order valence-corrected chi connectivity index (χ3v) is 6.23. The smallest absolute Gasteiger partial charge is 0.373 e. The molecular weight excluding hydrogens is 457 g/mol. The van der Waals surface area contributed by atoms with Gasteiger partial charge in [-0.25, -0.2) is 19.9 Å². The fraction of sp³-hybridized carbons (Fsp3) is 0.360. The number of nitrogens with zero attached hydrogens (tertiary/aromatic N) is 6. The van der Waals surface area contributed by atoms with Crippen LogP contribution in [0.1, 0.15) is 59.0 Å². The zero-order valence-electron chi connectivity index (χ0n) is 19.5. The van der Waals surface area contributed by atoms with Crippen molar-refractivity contribution in [2.24, 2.45) is 0 Å². The monoisotopic (exact) mass is 480 g/mol. The standard InChI is InChI=1S/C25H23F3N6O/c1-13-10-16(6-8-29-13)19-11-17(7-9-35-19)23-33-21(18-4-5-20(30-12-18)25(26,27)28)22-24(34-23)32-15(3)14(2)31-22/h4-6,8,10,12,17,19H,7,9,11H2,1-3H3/t17?,19-/m1/s1. The first-order valence-electron chi connectivity index (χ1n) is 11.3. The summed E-state index contributed by atoms with van der Waals surface area (Å²) in [5.74, 6) is 0.556. The van der Waals surface area contributed by atoms with Crippen molar-refractivity contribution in [2.45, 2.75) is 51.8 Å². The van der Waals surface area contributed by atoms with Gasteiger partial charge in [0.05, 0.1) is 17.5 Å². The van der Waals surface area contributed by atoms with Crippen LogP contribution in [0.2, 0.25) is 0 Å². The van der Waals surface area contributed by atoms with E-state index in [0.29, 0.717) is 47.0 Å². The third kappa shape index (κ3) is 4.70. The van der Waals surface area contributed by atoms with Crippen molar-refractivity contribution in [2.75, 3.05) is 6.61 Å². The van der Waals surface area contributed by atoms with Gasteiger partial charge in [-0.15, -0.1) is 0 Å². The summed E-state index contributed by atoms with van der Waals surface area (Å²) in [7, 11) is 0. The van der Waals surface area contributed by atoms with E-state index in [1.54, 1.807) is 6.20 Å². The molecule has 5 rings (SSSR count). The highest BCUT2D eigenvalue weighted by Crippen LogP contribution is 2.38. The van der Waals surface area contributed by atoms with Crippen LogP contribution in [-0.2, 0) is 10.9 Å². The molecule has 0 radical (unpaired) electrons. The Bertz CT molecular complexity index is 1390. The maximum Gasteiger partial charge on any atom is 0.433 e. The minimum absolute atomic E-state index is 0.0174. The Morgan fingerprint density at radius 3 is 2.46 bits per heavy atom. The number of rotatable bonds is 3. The first-order chi connectivity index (χ1) is 16.7. The summed E-state index contributed by atoms with van der Waals surface area (Å²) in [4.78, 5) is 26.6. The number of ether oxygens (including phenoxy) is 1. The molecule has 0 amide bonds. The molecule has 5 heterocycles. The number of halogens is 3. The van der Waals surface area contributed by atoms with E-state index in [1.807, 2.05) is 32.9 Å². The largest absolute Gasteiger partial charge is 0.433 e. The second-order valence-electron chi connectivity index (χ2n) is 8.74. The highest BCUT2D eigenvalue weighted by atomic mass is 19.4. The first-order valence-corrected chi connectivity index (χ1v) is 11.3. The van der Waals surface area contributed by atoms with Gasteiger partial charge >= 0.3 is 6.18 Å². The van der Waals surface area contributed by atoms with Crippen LogP contribution in [0.4, 0.5) is 13.2 Å². The Hall–Kier alpha value is -3.53. The first kappa shape index (κ1) is 23.2. The lowest BCUT2D eigenvalue weighted by atomic mass is 9.91. The Morgan fingerprint density at radius 1 is 0.943 bits per heavy atom. The van der Waals surface area contributed by atoms with E-state index >= 15 is 0 Å². The van der Waals surface area contributed by atoms with E-state index in [2.05, 4.69) is 19.9 Å². The number of aryl methyl sites for hydroxylation is 3. The van der Waals surface area contributed by atoms with Crippen LogP contribution in [0.15, 0.2) is 36.7 Å². The Balaban J connectivity index is 1.58. The van der Waals surface area contributed by atoms with Crippen molar-refractivity contribution in [1.82, 2.24) is 29.9 Å². The molecule has 180 valence electrons. The zero-order valence-corrected chi connectivity index (χ0v) is 19.5. The fourth-order valence-corrected chi connectivity index (χ4v) is 4.25. The molecule has 0 N–H and O–H groups in total. The van der Waals surface area contributed by atoms with Gasteiger partial charge < -0.3 is 4.74 Å². The number of pyridine rings is 2. The summed E-state index contributed by atoms with van der Waals surface area (Å²) in [6, 6.07) is 6.27. The van der Waals surface area contributed by atoms with Gasteiger partial charge in [0.25, 0.3) is 0 Å². The maximum absolute atomic E-state index is 13.1. The minimum Gasteiger partial charge on any atom is -0.373 e. The van der Waals surface area contributed by atoms with Crippen molar-refractivity contribution < 1.29 is 17.9 Å². The molecule has 7 nitrogen and oxygen atoms in total. The van der Waals surface area contributed by atoms with Crippen LogP contribution < -0.4 is 0 Å². The van der Waals surface area contributed by atoms with Crippen molar-refractivity contribution in [3.8, 4) is 11.3 Å². The molecule has 1 aliphatic rings. The van der Waals surface area contributed by atoms with Crippen LogP contribution in [0.3, 0.4) is 0 Å². The molecule has 4 aromatic heterocycles. The van der Waals surface area contributed by atoms with Crippen molar-refractivity contribution in [3.05, 3.63) is 70.8 Å². The zero-order chi connectivity index (χ0) is 24.7. The normalized spacial score (nSPS) is 18.7. The molecule has 10 heteroatoms. The minimum atomic E-state index is -4.52. The predicted molar refractivity (Wildman–Crippen MR) is 122 cm³/mol. The van der Waals surface area contributed by atoms with Gasteiger partial charge in [-0.05, 0) is 63.4 Å². The van der Waals surface area contributed by atoms with Gasteiger partial charge in [0.15, 0.2) is 5.65 Å². The van der Waals surface area contributed by atoms with E-state index in [1.165, 1.54) is 12.3 Å². The fourth-order valence-electron chi connectivity index (χ4n) is 4.25. The molecule has 1 unspecified atom stereocenters.